The molecule has 80 valence electrons. The van der Waals surface area contributed by atoms with E-state index in [1.165, 1.54) is 19.5 Å². The van der Waals surface area contributed by atoms with Crippen LogP contribution in [0.4, 0.5) is 0 Å². The van der Waals surface area contributed by atoms with Crippen LogP contribution < -0.4 is 5.32 Å². The summed E-state index contributed by atoms with van der Waals surface area (Å²) in [5.41, 5.74) is 0.523. The average Bonchev–Trinajstić information content (AvgIpc) is 2.29. The Hall–Kier alpha value is -1.91. The molecule has 0 aromatic carbocycles. The number of methoxy groups -OCH3 is 1. The van der Waals surface area contributed by atoms with Crippen LogP contribution in [0.2, 0.25) is 0 Å². The van der Waals surface area contributed by atoms with Crippen LogP contribution in [0.15, 0.2) is 24.5 Å². The summed E-state index contributed by atoms with van der Waals surface area (Å²) in [7, 11) is 1.31. The first kappa shape index (κ1) is 11.2. The van der Waals surface area contributed by atoms with Crippen LogP contribution in [-0.2, 0) is 9.53 Å². The maximum atomic E-state index is 11.4. The molecule has 0 aliphatic carbocycles. The Morgan fingerprint density at radius 2 is 2.07 bits per heavy atom. The fourth-order valence-electron chi connectivity index (χ4n) is 0.986. The van der Waals surface area contributed by atoms with Crippen molar-refractivity contribution in [2.75, 3.05) is 13.7 Å². The summed E-state index contributed by atoms with van der Waals surface area (Å²) in [4.78, 5) is 26.0. The van der Waals surface area contributed by atoms with Gasteiger partial charge in [0, 0.05) is 24.5 Å². The second-order valence-electron chi connectivity index (χ2n) is 2.82. The van der Waals surface area contributed by atoms with E-state index >= 15 is 0 Å². The zero-order valence-electron chi connectivity index (χ0n) is 8.40. The Morgan fingerprint density at radius 1 is 1.40 bits per heavy atom. The molecule has 0 saturated heterocycles. The summed E-state index contributed by atoms with van der Waals surface area (Å²) in [6, 6.07) is 3.21. The zero-order chi connectivity index (χ0) is 11.1. The highest BCUT2D eigenvalue weighted by molar-refractivity contribution is 5.94. The van der Waals surface area contributed by atoms with Gasteiger partial charge in [-0.25, -0.2) is 0 Å². The third-order valence-corrected chi connectivity index (χ3v) is 1.78. The minimum absolute atomic E-state index is 0.174. The lowest BCUT2D eigenvalue weighted by atomic mass is 10.2. The highest BCUT2D eigenvalue weighted by Gasteiger charge is 2.05. The number of esters is 1. The molecule has 1 aromatic heterocycles. The topological polar surface area (TPSA) is 68.3 Å². The lowest BCUT2D eigenvalue weighted by Gasteiger charge is -2.03. The van der Waals surface area contributed by atoms with Gasteiger partial charge in [0.25, 0.3) is 5.91 Å². The van der Waals surface area contributed by atoms with Gasteiger partial charge in [0.15, 0.2) is 0 Å². The molecule has 5 nitrogen and oxygen atoms in total. The lowest BCUT2D eigenvalue weighted by Crippen LogP contribution is -2.26. The predicted molar refractivity (Wildman–Crippen MR) is 53.2 cm³/mol. The Labute approximate surface area is 87.5 Å². The second kappa shape index (κ2) is 5.74. The van der Waals surface area contributed by atoms with E-state index in [0.29, 0.717) is 5.56 Å². The molecule has 0 aliphatic rings. The van der Waals surface area contributed by atoms with Crippen LogP contribution in [0, 0.1) is 0 Å². The summed E-state index contributed by atoms with van der Waals surface area (Å²) in [6.07, 6.45) is 3.25. The fourth-order valence-corrected chi connectivity index (χ4v) is 0.986. The Bertz CT molecular complexity index is 338. The maximum absolute atomic E-state index is 11.4. The number of hydrogen-bond acceptors (Lipinski definition) is 4. The molecular weight excluding hydrogens is 196 g/mol. The second-order valence-corrected chi connectivity index (χ2v) is 2.82. The van der Waals surface area contributed by atoms with E-state index in [1.807, 2.05) is 0 Å². The SMILES string of the molecule is COC(=O)CCNC(=O)c1ccncc1. The molecule has 1 aromatic rings. The smallest absolute Gasteiger partial charge is 0.307 e. The van der Waals surface area contributed by atoms with Crippen molar-refractivity contribution in [2.45, 2.75) is 6.42 Å². The molecule has 0 aliphatic heterocycles. The number of pyridine rings is 1. The van der Waals surface area contributed by atoms with Crippen LogP contribution in [0.1, 0.15) is 16.8 Å². The third-order valence-electron chi connectivity index (χ3n) is 1.78. The van der Waals surface area contributed by atoms with Crippen molar-refractivity contribution < 1.29 is 14.3 Å². The van der Waals surface area contributed by atoms with Gasteiger partial charge in [-0.15, -0.1) is 0 Å². The molecule has 0 radical (unpaired) electrons. The molecule has 1 heterocycles. The first-order valence-electron chi connectivity index (χ1n) is 4.49. The van der Waals surface area contributed by atoms with E-state index in [4.69, 9.17) is 0 Å². The average molecular weight is 208 g/mol. The number of carbonyl (C=O) groups is 2. The van der Waals surface area contributed by atoms with Gasteiger partial charge in [-0.1, -0.05) is 0 Å². The van der Waals surface area contributed by atoms with E-state index < -0.39 is 0 Å². The summed E-state index contributed by atoms with van der Waals surface area (Å²) in [5, 5.41) is 2.60. The van der Waals surface area contributed by atoms with Crippen LogP contribution in [0.25, 0.3) is 0 Å². The maximum Gasteiger partial charge on any atom is 0.307 e. The molecule has 15 heavy (non-hydrogen) atoms. The van der Waals surface area contributed by atoms with Crippen LogP contribution in [0.5, 0.6) is 0 Å². The molecule has 0 unspecified atom stereocenters. The Kier molecular flexibility index (Phi) is 4.28. The number of rotatable bonds is 4. The van der Waals surface area contributed by atoms with Crippen molar-refractivity contribution in [1.82, 2.24) is 10.3 Å². The van der Waals surface area contributed by atoms with Gasteiger partial charge in [-0.2, -0.15) is 0 Å². The molecule has 0 saturated carbocycles. The molecule has 0 spiro atoms. The van der Waals surface area contributed by atoms with Gasteiger partial charge >= 0.3 is 5.97 Å². The molecule has 0 atom stereocenters. The summed E-state index contributed by atoms with van der Waals surface area (Å²) in [5.74, 6) is -0.564. The van der Waals surface area contributed by atoms with Crippen molar-refractivity contribution in [3.63, 3.8) is 0 Å². The molecule has 1 amide bonds. The molecular formula is C10H12N2O3. The number of carbonyl (C=O) groups excluding carboxylic acids is 2. The van der Waals surface area contributed by atoms with E-state index in [-0.39, 0.29) is 24.8 Å². The number of ether oxygens (including phenoxy) is 1. The Balaban J connectivity index is 2.34. The van der Waals surface area contributed by atoms with Crippen LogP contribution in [-0.4, -0.2) is 30.5 Å². The number of nitrogens with zero attached hydrogens (tertiary/aromatic N) is 1. The predicted octanol–water partition coefficient (Wildman–Crippen LogP) is 0.374. The number of aromatic nitrogens is 1. The standard InChI is InChI=1S/C10H12N2O3/c1-15-9(13)4-7-12-10(14)8-2-5-11-6-3-8/h2-3,5-6H,4,7H2,1H3,(H,12,14). The first-order chi connectivity index (χ1) is 7.24. The van der Waals surface area contributed by atoms with E-state index in [1.54, 1.807) is 12.1 Å². The lowest BCUT2D eigenvalue weighted by molar-refractivity contribution is -0.140. The minimum atomic E-state index is -0.343. The van der Waals surface area contributed by atoms with Crippen molar-refractivity contribution in [1.29, 1.82) is 0 Å². The van der Waals surface area contributed by atoms with Crippen molar-refractivity contribution in [3.8, 4) is 0 Å². The molecule has 1 N–H and O–H groups in total. The highest BCUT2D eigenvalue weighted by Crippen LogP contribution is 1.95. The van der Waals surface area contributed by atoms with E-state index in [9.17, 15) is 9.59 Å². The summed E-state index contributed by atoms with van der Waals surface area (Å²) < 4.78 is 4.44. The molecule has 5 heteroatoms. The number of amides is 1. The largest absolute Gasteiger partial charge is 0.469 e. The number of nitrogens with one attached hydrogen (secondary N) is 1. The monoisotopic (exact) mass is 208 g/mol. The van der Waals surface area contributed by atoms with Gasteiger partial charge in [0.05, 0.1) is 13.5 Å². The quantitative estimate of drug-likeness (QED) is 0.726. The van der Waals surface area contributed by atoms with Gasteiger partial charge in [0.1, 0.15) is 0 Å². The van der Waals surface area contributed by atoms with E-state index in [0.717, 1.165) is 0 Å². The Morgan fingerprint density at radius 3 is 2.67 bits per heavy atom. The van der Waals surface area contributed by atoms with Gasteiger partial charge in [-0.05, 0) is 12.1 Å². The van der Waals surface area contributed by atoms with Crippen LogP contribution in [0.3, 0.4) is 0 Å². The summed E-state index contributed by atoms with van der Waals surface area (Å²) >= 11 is 0. The van der Waals surface area contributed by atoms with Crippen molar-refractivity contribution in [2.24, 2.45) is 0 Å². The van der Waals surface area contributed by atoms with Crippen molar-refractivity contribution >= 4 is 11.9 Å². The van der Waals surface area contributed by atoms with Gasteiger partial charge in [-0.3, -0.25) is 14.6 Å². The molecule has 1 rings (SSSR count). The molecule has 0 fully saturated rings. The zero-order valence-corrected chi connectivity index (χ0v) is 8.40. The van der Waals surface area contributed by atoms with Crippen LogP contribution >= 0.6 is 0 Å². The molecule has 0 bridgehead atoms. The van der Waals surface area contributed by atoms with Gasteiger partial charge < -0.3 is 10.1 Å². The fraction of sp³-hybridized carbons (Fsp3) is 0.300. The third kappa shape index (κ3) is 3.76. The van der Waals surface area contributed by atoms with E-state index in [2.05, 4.69) is 15.0 Å². The number of hydrogen-bond donors (Lipinski definition) is 1. The van der Waals surface area contributed by atoms with Crippen molar-refractivity contribution in [3.05, 3.63) is 30.1 Å². The normalized spacial score (nSPS) is 9.40. The summed E-state index contributed by atoms with van der Waals surface area (Å²) in [6.45, 7) is 0.272. The highest BCUT2D eigenvalue weighted by atomic mass is 16.5. The van der Waals surface area contributed by atoms with Gasteiger partial charge in [0.2, 0.25) is 0 Å². The first-order valence-corrected chi connectivity index (χ1v) is 4.49. The minimum Gasteiger partial charge on any atom is -0.469 e.